The first kappa shape index (κ1) is 13.9. The van der Waals surface area contributed by atoms with Crippen molar-refractivity contribution in [2.45, 2.75) is 6.18 Å². The molecule has 1 saturated heterocycles. The van der Waals surface area contributed by atoms with Crippen LogP contribution in [-0.4, -0.2) is 28.8 Å². The Labute approximate surface area is 111 Å². The van der Waals surface area contributed by atoms with E-state index in [4.69, 9.17) is 5.26 Å². The van der Waals surface area contributed by atoms with Crippen LogP contribution in [0.25, 0.3) is 0 Å². The molecule has 0 unspecified atom stereocenters. The van der Waals surface area contributed by atoms with Gasteiger partial charge >= 0.3 is 6.18 Å². The first-order chi connectivity index (χ1) is 8.91. The SMILES string of the molecule is N#Cc1cc(C(F)(F)F)ccc1N1CCS(=O)CC1. The van der Waals surface area contributed by atoms with Gasteiger partial charge < -0.3 is 4.90 Å². The van der Waals surface area contributed by atoms with Gasteiger partial charge in [0.05, 0.1) is 16.8 Å². The number of alkyl halides is 3. The average Bonchev–Trinajstić information content (AvgIpc) is 2.38. The molecule has 2 rings (SSSR count). The maximum atomic E-state index is 12.6. The predicted molar refractivity (Wildman–Crippen MR) is 66.2 cm³/mol. The Morgan fingerprint density at radius 3 is 2.42 bits per heavy atom. The van der Waals surface area contributed by atoms with Crippen molar-refractivity contribution in [1.82, 2.24) is 0 Å². The van der Waals surface area contributed by atoms with Crippen molar-refractivity contribution in [3.63, 3.8) is 0 Å². The van der Waals surface area contributed by atoms with Crippen molar-refractivity contribution in [2.75, 3.05) is 29.5 Å². The number of anilines is 1. The van der Waals surface area contributed by atoms with Gasteiger partial charge in [-0.1, -0.05) is 0 Å². The van der Waals surface area contributed by atoms with Gasteiger partial charge in [0.15, 0.2) is 0 Å². The fraction of sp³-hybridized carbons (Fsp3) is 0.417. The quantitative estimate of drug-likeness (QED) is 0.795. The summed E-state index contributed by atoms with van der Waals surface area (Å²) in [6.45, 7) is 0.985. The number of nitrogens with zero attached hydrogens (tertiary/aromatic N) is 2. The van der Waals surface area contributed by atoms with Gasteiger partial charge in [-0.3, -0.25) is 4.21 Å². The molecule has 0 radical (unpaired) electrons. The van der Waals surface area contributed by atoms with Gasteiger partial charge in [0.2, 0.25) is 0 Å². The fourth-order valence-electron chi connectivity index (χ4n) is 1.96. The topological polar surface area (TPSA) is 44.1 Å². The Bertz CT molecular complexity index is 541. The normalized spacial score (nSPS) is 17.3. The van der Waals surface area contributed by atoms with E-state index in [1.807, 2.05) is 0 Å². The number of nitriles is 1. The Kier molecular flexibility index (Phi) is 3.80. The van der Waals surface area contributed by atoms with Gasteiger partial charge in [-0.05, 0) is 18.2 Å². The monoisotopic (exact) mass is 288 g/mol. The van der Waals surface area contributed by atoms with Crippen molar-refractivity contribution >= 4 is 16.5 Å². The Balaban J connectivity index is 2.32. The molecule has 1 fully saturated rings. The lowest BCUT2D eigenvalue weighted by Crippen LogP contribution is -2.38. The highest BCUT2D eigenvalue weighted by atomic mass is 32.2. The molecule has 0 atom stereocenters. The van der Waals surface area contributed by atoms with E-state index in [-0.39, 0.29) is 5.56 Å². The van der Waals surface area contributed by atoms with Gasteiger partial charge in [-0.15, -0.1) is 0 Å². The molecule has 0 aromatic heterocycles. The summed E-state index contributed by atoms with van der Waals surface area (Å²) in [5.41, 5.74) is -0.344. The lowest BCUT2D eigenvalue weighted by atomic mass is 10.1. The Morgan fingerprint density at radius 2 is 1.89 bits per heavy atom. The maximum absolute atomic E-state index is 12.6. The summed E-state index contributed by atoms with van der Waals surface area (Å²) in [5, 5.41) is 8.99. The third-order valence-corrected chi connectivity index (χ3v) is 4.24. The molecule has 0 bridgehead atoms. The van der Waals surface area contributed by atoms with Crippen LogP contribution < -0.4 is 4.90 Å². The molecule has 1 heterocycles. The third-order valence-electron chi connectivity index (χ3n) is 2.96. The molecule has 3 nitrogen and oxygen atoms in total. The van der Waals surface area contributed by atoms with E-state index >= 15 is 0 Å². The summed E-state index contributed by atoms with van der Waals surface area (Å²) >= 11 is 0. The zero-order valence-electron chi connectivity index (χ0n) is 9.91. The molecular formula is C12H11F3N2OS. The van der Waals surface area contributed by atoms with Crippen molar-refractivity contribution in [2.24, 2.45) is 0 Å². The smallest absolute Gasteiger partial charge is 0.369 e. The number of hydrogen-bond donors (Lipinski definition) is 0. The minimum Gasteiger partial charge on any atom is -0.369 e. The van der Waals surface area contributed by atoms with Gasteiger partial charge in [0, 0.05) is 35.4 Å². The first-order valence-electron chi connectivity index (χ1n) is 5.63. The minimum absolute atomic E-state index is 0.00232. The first-order valence-corrected chi connectivity index (χ1v) is 7.12. The molecule has 1 aliphatic heterocycles. The van der Waals surface area contributed by atoms with Crippen LogP contribution in [-0.2, 0) is 17.0 Å². The zero-order valence-corrected chi connectivity index (χ0v) is 10.7. The van der Waals surface area contributed by atoms with Crippen molar-refractivity contribution in [3.8, 4) is 6.07 Å². The molecular weight excluding hydrogens is 277 g/mol. The van der Waals surface area contributed by atoms with Crippen LogP contribution in [0, 0.1) is 11.3 Å². The van der Waals surface area contributed by atoms with Crippen molar-refractivity contribution < 1.29 is 17.4 Å². The summed E-state index contributed by atoms with van der Waals surface area (Å²) < 4.78 is 48.9. The van der Waals surface area contributed by atoms with Gasteiger partial charge in [-0.25, -0.2) is 0 Å². The highest BCUT2D eigenvalue weighted by Gasteiger charge is 2.31. The molecule has 1 aromatic rings. The second kappa shape index (κ2) is 5.21. The standard InChI is InChI=1S/C12H11F3N2OS/c13-12(14,15)10-1-2-11(9(7-10)8-16)17-3-5-19(18)6-4-17/h1-2,7H,3-6H2. The third kappa shape index (κ3) is 3.07. The van der Waals surface area contributed by atoms with Crippen LogP contribution in [0.15, 0.2) is 18.2 Å². The molecule has 0 N–H and O–H groups in total. The van der Waals surface area contributed by atoms with Crippen LogP contribution >= 0.6 is 0 Å². The number of hydrogen-bond acceptors (Lipinski definition) is 3. The molecule has 0 aliphatic carbocycles. The number of halogens is 3. The van der Waals surface area contributed by atoms with Crippen molar-refractivity contribution in [3.05, 3.63) is 29.3 Å². The van der Waals surface area contributed by atoms with Gasteiger partial charge in [0.25, 0.3) is 0 Å². The van der Waals surface area contributed by atoms with Crippen molar-refractivity contribution in [1.29, 1.82) is 5.26 Å². The highest BCUT2D eigenvalue weighted by Crippen LogP contribution is 2.32. The molecule has 0 spiro atoms. The summed E-state index contributed by atoms with van der Waals surface area (Å²) in [7, 11) is -0.866. The minimum atomic E-state index is -4.45. The molecule has 0 amide bonds. The summed E-state index contributed by atoms with van der Waals surface area (Å²) in [4.78, 5) is 1.81. The molecule has 1 aromatic carbocycles. The summed E-state index contributed by atoms with van der Waals surface area (Å²) in [5.74, 6) is 0.956. The summed E-state index contributed by atoms with van der Waals surface area (Å²) in [6, 6.07) is 4.95. The van der Waals surface area contributed by atoms with E-state index in [0.29, 0.717) is 30.3 Å². The second-order valence-corrected chi connectivity index (χ2v) is 5.87. The largest absolute Gasteiger partial charge is 0.416 e. The molecule has 7 heteroatoms. The lowest BCUT2D eigenvalue weighted by molar-refractivity contribution is -0.137. The van der Waals surface area contributed by atoms with Crippen LogP contribution in [0.1, 0.15) is 11.1 Å². The Morgan fingerprint density at radius 1 is 1.26 bits per heavy atom. The fourth-order valence-corrected chi connectivity index (χ4v) is 3.01. The van der Waals surface area contributed by atoms with Crippen LogP contribution in [0.3, 0.4) is 0 Å². The molecule has 102 valence electrons. The van der Waals surface area contributed by atoms with Gasteiger partial charge in [-0.2, -0.15) is 18.4 Å². The average molecular weight is 288 g/mol. The number of rotatable bonds is 1. The highest BCUT2D eigenvalue weighted by molar-refractivity contribution is 7.85. The predicted octanol–water partition coefficient (Wildman–Crippen LogP) is 2.15. The molecule has 0 saturated carbocycles. The van der Waals surface area contributed by atoms with Gasteiger partial charge in [0.1, 0.15) is 6.07 Å². The van der Waals surface area contributed by atoms with E-state index in [2.05, 4.69) is 0 Å². The van der Waals surface area contributed by atoms with E-state index in [9.17, 15) is 17.4 Å². The van der Waals surface area contributed by atoms with E-state index in [1.165, 1.54) is 6.07 Å². The number of benzene rings is 1. The molecule has 19 heavy (non-hydrogen) atoms. The summed E-state index contributed by atoms with van der Waals surface area (Å²) in [6.07, 6.45) is -4.45. The van der Waals surface area contributed by atoms with Crippen LogP contribution in [0.4, 0.5) is 18.9 Å². The molecule has 1 aliphatic rings. The lowest BCUT2D eigenvalue weighted by Gasteiger charge is -2.29. The van der Waals surface area contributed by atoms with Crippen LogP contribution in [0.2, 0.25) is 0 Å². The maximum Gasteiger partial charge on any atom is 0.416 e. The van der Waals surface area contributed by atoms with E-state index in [1.54, 1.807) is 11.0 Å². The van der Waals surface area contributed by atoms with Crippen LogP contribution in [0.5, 0.6) is 0 Å². The second-order valence-electron chi connectivity index (χ2n) is 4.18. The van der Waals surface area contributed by atoms with E-state index in [0.717, 1.165) is 12.1 Å². The Hall–Kier alpha value is -1.55. The van der Waals surface area contributed by atoms with E-state index < -0.39 is 22.5 Å². The zero-order chi connectivity index (χ0) is 14.0.